The number of rotatable bonds is 7. The molecule has 2 aliphatic rings. The van der Waals surface area contributed by atoms with Crippen molar-refractivity contribution in [3.8, 4) is 0 Å². The van der Waals surface area contributed by atoms with Gasteiger partial charge in [-0.3, -0.25) is 14.5 Å². The summed E-state index contributed by atoms with van der Waals surface area (Å²) in [5, 5.41) is 8.70. The van der Waals surface area contributed by atoms with Crippen LogP contribution >= 0.6 is 12.4 Å². The summed E-state index contributed by atoms with van der Waals surface area (Å²) in [7, 11) is 0. The molecule has 2 rings (SSSR count). The average molecular weight is 347 g/mol. The Labute approximate surface area is 143 Å². The van der Waals surface area contributed by atoms with Crippen molar-refractivity contribution in [1.29, 1.82) is 0 Å². The Kier molecular flexibility index (Phi) is 7.78. The minimum absolute atomic E-state index is 0. The van der Waals surface area contributed by atoms with E-state index >= 15 is 0 Å². The van der Waals surface area contributed by atoms with Crippen LogP contribution in [-0.2, 0) is 9.59 Å². The molecule has 1 heterocycles. The molecule has 0 aromatic heterocycles. The lowest BCUT2D eigenvalue weighted by atomic mass is 9.82. The van der Waals surface area contributed by atoms with E-state index in [1.165, 1.54) is 0 Å². The lowest BCUT2D eigenvalue weighted by Gasteiger charge is -2.30. The number of halogens is 1. The minimum atomic E-state index is -0.752. The van der Waals surface area contributed by atoms with E-state index in [2.05, 4.69) is 22.9 Å². The Morgan fingerprint density at radius 1 is 1.17 bits per heavy atom. The Morgan fingerprint density at radius 3 is 2.52 bits per heavy atom. The largest absolute Gasteiger partial charge is 0.353 e. The summed E-state index contributed by atoms with van der Waals surface area (Å²) in [4.78, 5) is 37.4. The molecule has 23 heavy (non-hydrogen) atoms. The molecule has 1 saturated carbocycles. The van der Waals surface area contributed by atoms with E-state index in [1.807, 2.05) is 0 Å². The van der Waals surface area contributed by atoms with E-state index in [0.29, 0.717) is 25.9 Å². The van der Waals surface area contributed by atoms with Crippen LogP contribution in [0.4, 0.5) is 4.79 Å². The molecule has 1 spiro atoms. The number of imide groups is 1. The number of hydrogen-bond acceptors (Lipinski definition) is 4. The number of carbonyl (C=O) groups is 3. The smallest absolute Gasteiger partial charge is 0.325 e. The minimum Gasteiger partial charge on any atom is -0.353 e. The summed E-state index contributed by atoms with van der Waals surface area (Å²) in [5.74, 6) is -0.536. The van der Waals surface area contributed by atoms with E-state index in [9.17, 15) is 14.4 Å². The molecule has 7 nitrogen and oxygen atoms in total. The van der Waals surface area contributed by atoms with Crippen molar-refractivity contribution >= 4 is 30.3 Å². The Morgan fingerprint density at radius 2 is 1.87 bits per heavy atom. The second-order valence-corrected chi connectivity index (χ2v) is 6.06. The molecule has 3 N–H and O–H groups in total. The molecule has 1 aliphatic heterocycles. The first kappa shape index (κ1) is 19.7. The predicted octanol–water partition coefficient (Wildman–Crippen LogP) is 0.779. The zero-order valence-corrected chi connectivity index (χ0v) is 14.5. The van der Waals surface area contributed by atoms with Gasteiger partial charge < -0.3 is 16.0 Å². The topological polar surface area (TPSA) is 90.5 Å². The normalized spacial score (nSPS) is 19.4. The fourth-order valence-electron chi connectivity index (χ4n) is 3.11. The molecular formula is C15H27ClN4O3. The van der Waals surface area contributed by atoms with Crippen LogP contribution in [0, 0.1) is 0 Å². The van der Waals surface area contributed by atoms with Crippen molar-refractivity contribution < 1.29 is 14.4 Å². The molecule has 8 heteroatoms. The van der Waals surface area contributed by atoms with Crippen molar-refractivity contribution in [3.05, 3.63) is 0 Å². The fourth-order valence-corrected chi connectivity index (χ4v) is 3.11. The molecule has 0 bridgehead atoms. The van der Waals surface area contributed by atoms with Gasteiger partial charge in [0.1, 0.15) is 12.1 Å². The fraction of sp³-hybridized carbons (Fsp3) is 0.800. The molecule has 132 valence electrons. The lowest BCUT2D eigenvalue weighted by Crippen LogP contribution is -2.49. The van der Waals surface area contributed by atoms with Crippen LogP contribution in [0.1, 0.15) is 45.4 Å². The number of hydrogen-bond donors (Lipinski definition) is 3. The average Bonchev–Trinajstić information content (AvgIpc) is 2.72. The van der Waals surface area contributed by atoms with Gasteiger partial charge in [-0.15, -0.1) is 12.4 Å². The van der Waals surface area contributed by atoms with Gasteiger partial charge in [-0.25, -0.2) is 4.79 Å². The first-order valence-electron chi connectivity index (χ1n) is 8.20. The van der Waals surface area contributed by atoms with Gasteiger partial charge in [0.2, 0.25) is 5.91 Å². The molecule has 0 unspecified atom stereocenters. The maximum atomic E-state index is 12.5. The number of nitrogens with one attached hydrogen (secondary N) is 3. The third-order valence-electron chi connectivity index (χ3n) is 4.31. The molecule has 0 radical (unpaired) electrons. The highest BCUT2D eigenvalue weighted by atomic mass is 35.5. The van der Waals surface area contributed by atoms with Gasteiger partial charge in [-0.05, 0) is 25.8 Å². The quantitative estimate of drug-likeness (QED) is 0.469. The van der Waals surface area contributed by atoms with Gasteiger partial charge in [0, 0.05) is 13.1 Å². The number of nitrogens with zero attached hydrogens (tertiary/aromatic N) is 1. The number of urea groups is 1. The molecular weight excluding hydrogens is 320 g/mol. The number of amides is 4. The van der Waals surface area contributed by atoms with Crippen LogP contribution in [0.2, 0.25) is 0 Å². The van der Waals surface area contributed by atoms with Gasteiger partial charge in [-0.2, -0.15) is 0 Å². The van der Waals surface area contributed by atoms with E-state index in [1.54, 1.807) is 0 Å². The van der Waals surface area contributed by atoms with E-state index in [4.69, 9.17) is 0 Å². The SMILES string of the molecule is CCCNCCNC(=O)CN1C(=O)NC2(CCCCC2)C1=O.Cl. The van der Waals surface area contributed by atoms with Crippen molar-refractivity contribution in [2.45, 2.75) is 51.0 Å². The van der Waals surface area contributed by atoms with Crippen molar-refractivity contribution in [2.24, 2.45) is 0 Å². The standard InChI is InChI=1S/C15H26N4O3.ClH/c1-2-8-16-9-10-17-12(20)11-19-13(21)15(18-14(19)22)6-4-3-5-7-15;/h16H,2-11H2,1H3,(H,17,20)(H,18,22);1H. The zero-order chi connectivity index (χ0) is 16.0. The third-order valence-corrected chi connectivity index (χ3v) is 4.31. The second-order valence-electron chi connectivity index (χ2n) is 6.06. The van der Waals surface area contributed by atoms with E-state index in [-0.39, 0.29) is 30.8 Å². The summed E-state index contributed by atoms with van der Waals surface area (Å²) >= 11 is 0. The van der Waals surface area contributed by atoms with Gasteiger partial charge in [0.15, 0.2) is 0 Å². The Balaban J connectivity index is 0.00000264. The van der Waals surface area contributed by atoms with Crippen LogP contribution in [-0.4, -0.2) is 54.5 Å². The highest BCUT2D eigenvalue weighted by Gasteiger charge is 2.51. The Hall–Kier alpha value is -1.34. The van der Waals surface area contributed by atoms with Crippen LogP contribution < -0.4 is 16.0 Å². The number of carbonyl (C=O) groups excluding carboxylic acids is 3. The lowest BCUT2D eigenvalue weighted by molar-refractivity contribution is -0.135. The van der Waals surface area contributed by atoms with Crippen molar-refractivity contribution in [3.63, 3.8) is 0 Å². The molecule has 1 saturated heterocycles. The highest BCUT2D eigenvalue weighted by molar-refractivity contribution is 6.09. The molecule has 1 aliphatic carbocycles. The molecule has 4 amide bonds. The van der Waals surface area contributed by atoms with Gasteiger partial charge in [0.25, 0.3) is 5.91 Å². The maximum Gasteiger partial charge on any atom is 0.325 e. The zero-order valence-electron chi connectivity index (χ0n) is 13.7. The molecule has 0 aromatic carbocycles. The van der Waals surface area contributed by atoms with Crippen molar-refractivity contribution in [1.82, 2.24) is 20.9 Å². The molecule has 0 aromatic rings. The van der Waals surface area contributed by atoms with Crippen molar-refractivity contribution in [2.75, 3.05) is 26.2 Å². The molecule has 2 fully saturated rings. The monoisotopic (exact) mass is 346 g/mol. The summed E-state index contributed by atoms with van der Waals surface area (Å²) in [6.07, 6.45) is 5.37. The molecule has 0 atom stereocenters. The first-order chi connectivity index (χ1) is 10.6. The Bertz CT molecular complexity index is 438. The maximum absolute atomic E-state index is 12.5. The highest BCUT2D eigenvalue weighted by Crippen LogP contribution is 2.33. The first-order valence-corrected chi connectivity index (χ1v) is 8.20. The van der Waals surface area contributed by atoms with Gasteiger partial charge in [0.05, 0.1) is 0 Å². The van der Waals surface area contributed by atoms with Crippen LogP contribution in [0.15, 0.2) is 0 Å². The second kappa shape index (κ2) is 9.08. The predicted molar refractivity (Wildman–Crippen MR) is 89.5 cm³/mol. The van der Waals surface area contributed by atoms with E-state index < -0.39 is 11.6 Å². The summed E-state index contributed by atoms with van der Waals surface area (Å²) in [6.45, 7) is 3.97. The van der Waals surface area contributed by atoms with Crippen LogP contribution in [0.5, 0.6) is 0 Å². The summed E-state index contributed by atoms with van der Waals surface area (Å²) < 4.78 is 0. The van der Waals surface area contributed by atoms with E-state index in [0.717, 1.165) is 37.1 Å². The van der Waals surface area contributed by atoms with Crippen LogP contribution in [0.25, 0.3) is 0 Å². The summed E-state index contributed by atoms with van der Waals surface area (Å²) in [6, 6.07) is -0.439. The summed E-state index contributed by atoms with van der Waals surface area (Å²) in [5.41, 5.74) is -0.752. The third kappa shape index (κ3) is 4.81. The van der Waals surface area contributed by atoms with Gasteiger partial charge >= 0.3 is 6.03 Å². The van der Waals surface area contributed by atoms with Crippen LogP contribution in [0.3, 0.4) is 0 Å². The van der Waals surface area contributed by atoms with Gasteiger partial charge in [-0.1, -0.05) is 26.2 Å².